The summed E-state index contributed by atoms with van der Waals surface area (Å²) in [6.07, 6.45) is 1.36. The van der Waals surface area contributed by atoms with Crippen molar-refractivity contribution in [2.45, 2.75) is 0 Å². The van der Waals surface area contributed by atoms with Crippen molar-refractivity contribution in [3.63, 3.8) is 0 Å². The molecule has 0 aliphatic rings. The summed E-state index contributed by atoms with van der Waals surface area (Å²) in [7, 11) is 1.53. The number of amides is 2. The van der Waals surface area contributed by atoms with Gasteiger partial charge in [-0.3, -0.25) is 9.59 Å². The minimum absolute atomic E-state index is 0.353. The number of rotatable bonds is 6. The van der Waals surface area contributed by atoms with Gasteiger partial charge in [-0.25, -0.2) is 10.2 Å². The highest BCUT2D eigenvalue weighted by Gasteiger charge is 2.13. The Balaban J connectivity index is 1.50. The molecule has 9 heteroatoms. The highest BCUT2D eigenvalue weighted by Crippen LogP contribution is 2.19. The van der Waals surface area contributed by atoms with Crippen LogP contribution >= 0.6 is 15.9 Å². The molecule has 3 aromatic rings. The molecule has 3 rings (SSSR count). The van der Waals surface area contributed by atoms with Crippen LogP contribution in [0.2, 0.25) is 0 Å². The monoisotopic (exact) mass is 495 g/mol. The van der Waals surface area contributed by atoms with Gasteiger partial charge in [0, 0.05) is 10.2 Å². The van der Waals surface area contributed by atoms with E-state index in [1.54, 1.807) is 72.8 Å². The van der Waals surface area contributed by atoms with E-state index in [2.05, 4.69) is 31.8 Å². The SMILES string of the molecule is COc1ccc(NC(=O)C(=O)NN=Cc2ccc(OC(=O)c3ccccc3Br)cc2)cc1. The molecule has 0 atom stereocenters. The summed E-state index contributed by atoms with van der Waals surface area (Å²) >= 11 is 3.31. The van der Waals surface area contributed by atoms with Gasteiger partial charge < -0.3 is 14.8 Å². The van der Waals surface area contributed by atoms with Crippen LogP contribution in [0.25, 0.3) is 0 Å². The Bertz CT molecular complexity index is 1150. The number of hydrogen-bond acceptors (Lipinski definition) is 6. The van der Waals surface area contributed by atoms with E-state index < -0.39 is 17.8 Å². The molecule has 0 aromatic heterocycles. The number of ether oxygens (including phenoxy) is 2. The Kier molecular flexibility index (Phi) is 7.71. The quantitative estimate of drug-likeness (QED) is 0.178. The summed E-state index contributed by atoms with van der Waals surface area (Å²) in [5.41, 5.74) is 3.64. The van der Waals surface area contributed by atoms with E-state index in [0.29, 0.717) is 32.8 Å². The fraction of sp³-hybridized carbons (Fsp3) is 0.0435. The molecule has 0 saturated heterocycles. The van der Waals surface area contributed by atoms with Gasteiger partial charge in [-0.05, 0) is 82.2 Å². The van der Waals surface area contributed by atoms with Crippen molar-refractivity contribution < 1.29 is 23.9 Å². The van der Waals surface area contributed by atoms with E-state index in [1.165, 1.54) is 13.3 Å². The number of hydrogen-bond donors (Lipinski definition) is 2. The number of hydrazone groups is 1. The third-order valence-corrected chi connectivity index (χ3v) is 4.81. The van der Waals surface area contributed by atoms with E-state index in [4.69, 9.17) is 9.47 Å². The second-order valence-corrected chi connectivity index (χ2v) is 7.17. The third kappa shape index (κ3) is 6.26. The van der Waals surface area contributed by atoms with Gasteiger partial charge in [-0.1, -0.05) is 12.1 Å². The van der Waals surface area contributed by atoms with Crippen LogP contribution in [0, 0.1) is 0 Å². The lowest BCUT2D eigenvalue weighted by Gasteiger charge is -2.06. The van der Waals surface area contributed by atoms with Gasteiger partial charge in [0.05, 0.1) is 18.9 Å². The lowest BCUT2D eigenvalue weighted by molar-refractivity contribution is -0.136. The molecule has 162 valence electrons. The highest BCUT2D eigenvalue weighted by atomic mass is 79.9. The first-order valence-electron chi connectivity index (χ1n) is 9.31. The number of nitrogens with one attached hydrogen (secondary N) is 2. The highest BCUT2D eigenvalue weighted by molar-refractivity contribution is 9.10. The Morgan fingerprint density at radius 1 is 0.875 bits per heavy atom. The van der Waals surface area contributed by atoms with E-state index in [1.807, 2.05) is 0 Å². The van der Waals surface area contributed by atoms with E-state index in [-0.39, 0.29) is 0 Å². The molecular formula is C23H18BrN3O5. The molecule has 0 heterocycles. The summed E-state index contributed by atoms with van der Waals surface area (Å²) < 4.78 is 11.0. The molecule has 2 amide bonds. The summed E-state index contributed by atoms with van der Waals surface area (Å²) in [5.74, 6) is -1.29. The normalized spacial score (nSPS) is 10.4. The smallest absolute Gasteiger partial charge is 0.344 e. The van der Waals surface area contributed by atoms with Crippen LogP contribution in [0.4, 0.5) is 5.69 Å². The van der Waals surface area contributed by atoms with Gasteiger partial charge in [0.1, 0.15) is 11.5 Å². The van der Waals surface area contributed by atoms with Crippen LogP contribution < -0.4 is 20.2 Å². The van der Waals surface area contributed by atoms with Crippen LogP contribution in [-0.4, -0.2) is 31.1 Å². The number of carbonyl (C=O) groups is 3. The van der Waals surface area contributed by atoms with Gasteiger partial charge in [0.25, 0.3) is 0 Å². The predicted octanol–water partition coefficient (Wildman–Crippen LogP) is 3.77. The topological polar surface area (TPSA) is 106 Å². The van der Waals surface area contributed by atoms with Crippen molar-refractivity contribution in [1.82, 2.24) is 5.43 Å². The zero-order chi connectivity index (χ0) is 22.9. The maximum Gasteiger partial charge on any atom is 0.344 e. The van der Waals surface area contributed by atoms with Crippen molar-refractivity contribution in [2.75, 3.05) is 12.4 Å². The Morgan fingerprint density at radius 2 is 1.53 bits per heavy atom. The van der Waals surface area contributed by atoms with Gasteiger partial charge in [0.15, 0.2) is 0 Å². The molecule has 0 unspecified atom stereocenters. The third-order valence-electron chi connectivity index (χ3n) is 4.12. The average molecular weight is 496 g/mol. The molecule has 2 N–H and O–H groups in total. The maximum absolute atomic E-state index is 12.2. The Morgan fingerprint density at radius 3 is 2.19 bits per heavy atom. The first-order chi connectivity index (χ1) is 15.5. The zero-order valence-electron chi connectivity index (χ0n) is 16.9. The first kappa shape index (κ1) is 22.7. The standard InChI is InChI=1S/C23H18BrN3O5/c1-31-17-12-8-16(9-13-17)26-21(28)22(29)27-25-14-15-6-10-18(11-7-15)32-23(30)19-4-2-3-5-20(19)24/h2-14H,1H3,(H,26,28)(H,27,29). The predicted molar refractivity (Wildman–Crippen MR) is 123 cm³/mol. The van der Waals surface area contributed by atoms with E-state index >= 15 is 0 Å². The molecule has 0 saturated carbocycles. The van der Waals surface area contributed by atoms with Crippen molar-refractivity contribution in [1.29, 1.82) is 0 Å². The number of benzene rings is 3. The van der Waals surface area contributed by atoms with Crippen LogP contribution in [0.1, 0.15) is 15.9 Å². The van der Waals surface area contributed by atoms with Crippen molar-refractivity contribution in [3.05, 3.63) is 88.4 Å². The van der Waals surface area contributed by atoms with Gasteiger partial charge in [0.2, 0.25) is 0 Å². The molecule has 0 bridgehead atoms. The number of carbonyl (C=O) groups excluding carboxylic acids is 3. The van der Waals surface area contributed by atoms with Crippen molar-refractivity contribution in [2.24, 2.45) is 5.10 Å². The number of halogens is 1. The first-order valence-corrected chi connectivity index (χ1v) is 10.1. The molecule has 3 aromatic carbocycles. The van der Waals surface area contributed by atoms with Crippen LogP contribution in [0.5, 0.6) is 11.5 Å². The van der Waals surface area contributed by atoms with E-state index in [0.717, 1.165) is 0 Å². The second kappa shape index (κ2) is 10.9. The van der Waals surface area contributed by atoms with Gasteiger partial charge >= 0.3 is 17.8 Å². The fourth-order valence-corrected chi connectivity index (χ4v) is 2.94. The molecule has 0 radical (unpaired) electrons. The summed E-state index contributed by atoms with van der Waals surface area (Å²) in [4.78, 5) is 36.0. The molecule has 0 spiro atoms. The number of nitrogens with zero attached hydrogens (tertiary/aromatic N) is 1. The average Bonchev–Trinajstić information content (AvgIpc) is 2.80. The fourth-order valence-electron chi connectivity index (χ4n) is 2.49. The summed E-state index contributed by atoms with van der Waals surface area (Å²) in [5, 5.41) is 6.21. The minimum Gasteiger partial charge on any atom is -0.497 e. The summed E-state index contributed by atoms with van der Waals surface area (Å²) in [6.45, 7) is 0. The summed E-state index contributed by atoms with van der Waals surface area (Å²) in [6, 6.07) is 20.0. The lowest BCUT2D eigenvalue weighted by atomic mass is 10.2. The molecule has 32 heavy (non-hydrogen) atoms. The van der Waals surface area contributed by atoms with Gasteiger partial charge in [-0.2, -0.15) is 5.10 Å². The molecule has 0 aliphatic carbocycles. The maximum atomic E-state index is 12.2. The minimum atomic E-state index is -0.920. The van der Waals surface area contributed by atoms with Crippen molar-refractivity contribution >= 4 is 45.6 Å². The molecule has 8 nitrogen and oxygen atoms in total. The number of esters is 1. The van der Waals surface area contributed by atoms with Crippen LogP contribution in [0.3, 0.4) is 0 Å². The molecule has 0 aliphatic heterocycles. The molecular weight excluding hydrogens is 478 g/mol. The van der Waals surface area contributed by atoms with Gasteiger partial charge in [-0.15, -0.1) is 0 Å². The zero-order valence-corrected chi connectivity index (χ0v) is 18.5. The van der Waals surface area contributed by atoms with E-state index in [9.17, 15) is 14.4 Å². The number of anilines is 1. The molecule has 0 fully saturated rings. The largest absolute Gasteiger partial charge is 0.497 e. The Labute approximate surface area is 192 Å². The Hall–Kier alpha value is -3.98. The van der Waals surface area contributed by atoms with Crippen LogP contribution in [-0.2, 0) is 9.59 Å². The second-order valence-electron chi connectivity index (χ2n) is 6.32. The van der Waals surface area contributed by atoms with Crippen molar-refractivity contribution in [3.8, 4) is 11.5 Å². The van der Waals surface area contributed by atoms with Crippen LogP contribution in [0.15, 0.2) is 82.4 Å². The lowest BCUT2D eigenvalue weighted by Crippen LogP contribution is -2.32. The number of methoxy groups -OCH3 is 1.